The lowest BCUT2D eigenvalue weighted by molar-refractivity contribution is -0.130. The number of hydrogen-bond acceptors (Lipinski definition) is 4. The maximum absolute atomic E-state index is 12.7. The van der Waals surface area contributed by atoms with Gasteiger partial charge in [0.15, 0.2) is 0 Å². The first kappa shape index (κ1) is 20.6. The fraction of sp³-hybridized carbons (Fsp3) is 0.792. The van der Waals surface area contributed by atoms with E-state index in [9.17, 15) is 20.0 Å². The number of amides is 1. The van der Waals surface area contributed by atoms with E-state index in [1.54, 1.807) is 6.92 Å². The zero-order valence-electron chi connectivity index (χ0n) is 17.9. The molecule has 0 aromatic carbocycles. The largest absolute Gasteiger partial charge is 0.393 e. The number of aliphatic hydroxyl groups is 1. The van der Waals surface area contributed by atoms with E-state index in [-0.39, 0.29) is 34.6 Å². The maximum Gasteiger partial charge on any atom is 0.235 e. The molecular formula is C24H34N2O3. The Balaban J connectivity index is 1.71. The quantitative estimate of drug-likeness (QED) is 0.711. The highest BCUT2D eigenvalue weighted by atomic mass is 16.3. The summed E-state index contributed by atoms with van der Waals surface area (Å²) in [5.41, 5.74) is 6.95. The first-order valence-electron chi connectivity index (χ1n) is 11.2. The first-order chi connectivity index (χ1) is 13.6. The first-order valence-corrected chi connectivity index (χ1v) is 11.2. The number of hydrogen-bond donors (Lipinski definition) is 2. The van der Waals surface area contributed by atoms with Crippen LogP contribution < -0.4 is 5.73 Å². The molecule has 0 radical (unpaired) electrons. The van der Waals surface area contributed by atoms with Crippen molar-refractivity contribution in [2.45, 2.75) is 71.8 Å². The Bertz CT molecular complexity index is 798. The molecule has 5 heteroatoms. The summed E-state index contributed by atoms with van der Waals surface area (Å²) in [5, 5.41) is 19.8. The monoisotopic (exact) mass is 398 g/mol. The molecule has 0 spiro atoms. The van der Waals surface area contributed by atoms with Gasteiger partial charge >= 0.3 is 0 Å². The molecule has 9 atom stereocenters. The molecule has 3 fully saturated rings. The van der Waals surface area contributed by atoms with Gasteiger partial charge in [-0.3, -0.25) is 9.59 Å². The van der Waals surface area contributed by atoms with Crippen molar-refractivity contribution < 1.29 is 14.7 Å². The normalized spacial score (nSPS) is 47.1. The molecule has 1 amide bonds. The summed E-state index contributed by atoms with van der Waals surface area (Å²) in [4.78, 5) is 24.7. The van der Waals surface area contributed by atoms with Gasteiger partial charge in [-0.25, -0.2) is 0 Å². The topological polar surface area (TPSA) is 104 Å². The Morgan fingerprint density at radius 1 is 1.28 bits per heavy atom. The summed E-state index contributed by atoms with van der Waals surface area (Å²) in [5.74, 6) is -0.574. The fourth-order valence-electron chi connectivity index (χ4n) is 8.20. The minimum Gasteiger partial charge on any atom is -0.393 e. The number of nitrogens with zero attached hydrogens (tertiary/aromatic N) is 1. The van der Waals surface area contributed by atoms with E-state index in [1.807, 2.05) is 0 Å². The van der Waals surface area contributed by atoms with Crippen LogP contribution in [0, 0.1) is 57.7 Å². The molecule has 158 valence electrons. The number of carbonyl (C=O) groups is 2. The van der Waals surface area contributed by atoms with Crippen LogP contribution in [0.4, 0.5) is 0 Å². The third kappa shape index (κ3) is 2.90. The highest BCUT2D eigenvalue weighted by molar-refractivity contribution is 5.84. The van der Waals surface area contributed by atoms with Crippen molar-refractivity contribution in [3.8, 4) is 6.07 Å². The zero-order valence-corrected chi connectivity index (χ0v) is 17.9. The van der Waals surface area contributed by atoms with E-state index in [4.69, 9.17) is 5.73 Å². The predicted octanol–water partition coefficient (Wildman–Crippen LogP) is 3.37. The number of rotatable bonds is 3. The van der Waals surface area contributed by atoms with Gasteiger partial charge < -0.3 is 10.8 Å². The van der Waals surface area contributed by atoms with Gasteiger partial charge in [0.25, 0.3) is 0 Å². The summed E-state index contributed by atoms with van der Waals surface area (Å²) in [7, 11) is 0. The third-order valence-electron chi connectivity index (χ3n) is 9.49. The van der Waals surface area contributed by atoms with Gasteiger partial charge in [-0.2, -0.15) is 5.26 Å². The number of fused-ring (bicyclic) bond motifs is 5. The standard InChI is InChI=1S/C24H34N2O3/c1-13(27)21-17(18(12-25)22(26)29)11-20-16-5-4-14-10-15(28)6-8-23(14,2)19(16)7-9-24(20,21)3/h4,15-21,28H,5-11H2,1-3H3,(H2,26,29). The molecule has 4 aliphatic carbocycles. The maximum atomic E-state index is 12.7. The van der Waals surface area contributed by atoms with E-state index in [2.05, 4.69) is 26.0 Å². The summed E-state index contributed by atoms with van der Waals surface area (Å²) in [6, 6.07) is 2.12. The van der Waals surface area contributed by atoms with E-state index in [1.165, 1.54) is 5.57 Å². The Labute approximate surface area is 173 Å². The number of nitrogens with two attached hydrogens (primary N) is 1. The Morgan fingerprint density at radius 2 is 2.00 bits per heavy atom. The van der Waals surface area contributed by atoms with Gasteiger partial charge in [0.2, 0.25) is 5.91 Å². The fourth-order valence-corrected chi connectivity index (χ4v) is 8.20. The van der Waals surface area contributed by atoms with Crippen molar-refractivity contribution in [2.75, 3.05) is 0 Å². The number of carbonyl (C=O) groups excluding carboxylic acids is 2. The van der Waals surface area contributed by atoms with Crippen LogP contribution in [0.5, 0.6) is 0 Å². The van der Waals surface area contributed by atoms with Crippen molar-refractivity contribution in [1.82, 2.24) is 0 Å². The number of primary amides is 1. The van der Waals surface area contributed by atoms with Gasteiger partial charge in [-0.05, 0) is 86.4 Å². The summed E-state index contributed by atoms with van der Waals surface area (Å²) in [6.45, 7) is 6.22. The molecule has 0 aromatic heterocycles. The van der Waals surface area contributed by atoms with Crippen LogP contribution in [0.15, 0.2) is 11.6 Å². The average Bonchev–Trinajstić information content (AvgIpc) is 2.95. The molecule has 9 unspecified atom stereocenters. The second kappa shape index (κ2) is 6.94. The number of aliphatic hydroxyl groups excluding tert-OH is 1. The molecule has 0 heterocycles. The molecule has 3 saturated carbocycles. The molecule has 3 N–H and O–H groups in total. The lowest BCUT2D eigenvalue weighted by Crippen LogP contribution is -2.51. The van der Waals surface area contributed by atoms with Gasteiger partial charge in [0.1, 0.15) is 11.7 Å². The minimum atomic E-state index is -0.889. The van der Waals surface area contributed by atoms with Crippen LogP contribution >= 0.6 is 0 Å². The Hall–Kier alpha value is -1.67. The summed E-state index contributed by atoms with van der Waals surface area (Å²) < 4.78 is 0. The predicted molar refractivity (Wildman–Crippen MR) is 109 cm³/mol. The van der Waals surface area contributed by atoms with Crippen molar-refractivity contribution in [3.05, 3.63) is 11.6 Å². The number of Topliss-reactive ketones (excluding diaryl/α,β-unsaturated/α-hetero) is 1. The summed E-state index contributed by atoms with van der Waals surface area (Å²) >= 11 is 0. The third-order valence-corrected chi connectivity index (χ3v) is 9.49. The van der Waals surface area contributed by atoms with Crippen LogP contribution in [0.1, 0.15) is 65.7 Å². The van der Waals surface area contributed by atoms with E-state index >= 15 is 0 Å². The zero-order chi connectivity index (χ0) is 21.1. The van der Waals surface area contributed by atoms with E-state index in [0.717, 1.165) is 44.9 Å². The van der Waals surface area contributed by atoms with Crippen LogP contribution in [0.2, 0.25) is 0 Å². The van der Waals surface area contributed by atoms with Gasteiger partial charge in [0, 0.05) is 5.92 Å². The van der Waals surface area contributed by atoms with E-state index in [0.29, 0.717) is 17.8 Å². The molecule has 0 aliphatic heterocycles. The molecule has 0 aromatic rings. The lowest BCUT2D eigenvalue weighted by atomic mass is 9.47. The summed E-state index contributed by atoms with van der Waals surface area (Å²) in [6.07, 6.45) is 8.57. The van der Waals surface area contributed by atoms with Crippen molar-refractivity contribution in [2.24, 2.45) is 52.1 Å². The highest BCUT2D eigenvalue weighted by Crippen LogP contribution is 2.68. The van der Waals surface area contributed by atoms with Crippen LogP contribution in [0.3, 0.4) is 0 Å². The van der Waals surface area contributed by atoms with Gasteiger partial charge in [-0.1, -0.05) is 25.5 Å². The molecule has 5 nitrogen and oxygen atoms in total. The second-order valence-corrected chi connectivity index (χ2v) is 10.7. The molecule has 4 rings (SSSR count). The Morgan fingerprint density at radius 3 is 2.62 bits per heavy atom. The smallest absolute Gasteiger partial charge is 0.235 e. The molecule has 0 saturated heterocycles. The van der Waals surface area contributed by atoms with Gasteiger partial charge in [0.05, 0.1) is 12.2 Å². The molecule has 4 aliphatic rings. The number of nitriles is 1. The molecule has 0 bridgehead atoms. The van der Waals surface area contributed by atoms with Gasteiger partial charge in [-0.15, -0.1) is 0 Å². The lowest BCUT2D eigenvalue weighted by Gasteiger charge is -2.57. The SMILES string of the molecule is CC(=O)C1C(C(C#N)C(N)=O)CC2C3CC=C4CC(O)CCC4(C)C3CCC21C. The van der Waals surface area contributed by atoms with Crippen LogP contribution in [-0.4, -0.2) is 22.9 Å². The van der Waals surface area contributed by atoms with Crippen molar-refractivity contribution in [3.63, 3.8) is 0 Å². The van der Waals surface area contributed by atoms with Crippen molar-refractivity contribution >= 4 is 11.7 Å². The minimum absolute atomic E-state index is 0.0963. The second-order valence-electron chi connectivity index (χ2n) is 10.7. The number of ketones is 1. The Kier molecular flexibility index (Phi) is 4.93. The number of allylic oxidation sites excluding steroid dienone is 1. The molecule has 29 heavy (non-hydrogen) atoms. The van der Waals surface area contributed by atoms with Crippen LogP contribution in [0.25, 0.3) is 0 Å². The van der Waals surface area contributed by atoms with Crippen molar-refractivity contribution in [1.29, 1.82) is 5.26 Å². The highest BCUT2D eigenvalue weighted by Gasteiger charge is 2.63. The van der Waals surface area contributed by atoms with E-state index < -0.39 is 11.8 Å². The molecular weight excluding hydrogens is 364 g/mol. The van der Waals surface area contributed by atoms with Crippen LogP contribution in [-0.2, 0) is 9.59 Å². The average molecular weight is 399 g/mol.